The third-order valence-electron chi connectivity index (χ3n) is 4.80. The van der Waals surface area contributed by atoms with Crippen LogP contribution in [0.15, 0.2) is 66.0 Å². The van der Waals surface area contributed by atoms with Gasteiger partial charge in [-0.15, -0.1) is 11.3 Å². The molecule has 0 aliphatic rings. The highest BCUT2D eigenvalue weighted by Crippen LogP contribution is 2.34. The first-order valence-corrected chi connectivity index (χ1v) is 10.9. The largest absolute Gasteiger partial charge is 0.493 e. The zero-order valence-electron chi connectivity index (χ0n) is 17.9. The summed E-state index contributed by atoms with van der Waals surface area (Å²) >= 11 is 1.28. The molecule has 0 bridgehead atoms. The predicted octanol–water partition coefficient (Wildman–Crippen LogP) is 6.24. The molecule has 0 atom stereocenters. The Kier molecular flexibility index (Phi) is 6.65. The minimum absolute atomic E-state index is 0.107. The molecular weight excluding hydrogens is 446 g/mol. The first kappa shape index (κ1) is 22.4. The normalized spacial score (nSPS) is 10.7. The molecule has 1 amide bonds. The second-order valence-electron chi connectivity index (χ2n) is 7.26. The molecule has 0 saturated carbocycles. The van der Waals surface area contributed by atoms with E-state index in [1.807, 2.05) is 6.92 Å². The molecule has 1 N–H and O–H groups in total. The lowest BCUT2D eigenvalue weighted by Gasteiger charge is -2.12. The van der Waals surface area contributed by atoms with Crippen molar-refractivity contribution in [1.82, 2.24) is 4.98 Å². The Hall–Kier alpha value is -3.78. The molecule has 1 heterocycles. The van der Waals surface area contributed by atoms with E-state index in [9.17, 15) is 13.6 Å². The van der Waals surface area contributed by atoms with Crippen LogP contribution in [0.1, 0.15) is 21.6 Å². The molecule has 0 aliphatic carbocycles. The van der Waals surface area contributed by atoms with Gasteiger partial charge in [0.15, 0.2) is 11.5 Å². The minimum atomic E-state index is -0.511. The van der Waals surface area contributed by atoms with E-state index in [0.717, 1.165) is 11.1 Å². The van der Waals surface area contributed by atoms with E-state index in [1.54, 1.807) is 47.8 Å². The zero-order chi connectivity index (χ0) is 23.4. The maximum Gasteiger partial charge on any atom is 0.275 e. The van der Waals surface area contributed by atoms with Crippen molar-refractivity contribution in [2.24, 2.45) is 0 Å². The smallest absolute Gasteiger partial charge is 0.275 e. The molecule has 4 aromatic rings. The summed E-state index contributed by atoms with van der Waals surface area (Å²) in [6, 6.07) is 16.0. The van der Waals surface area contributed by atoms with E-state index in [0.29, 0.717) is 22.1 Å². The third kappa shape index (κ3) is 5.35. The van der Waals surface area contributed by atoms with Crippen molar-refractivity contribution in [2.45, 2.75) is 13.5 Å². The second-order valence-corrected chi connectivity index (χ2v) is 8.12. The number of aryl methyl sites for hydroxylation is 1. The maximum absolute atomic E-state index is 14.0. The summed E-state index contributed by atoms with van der Waals surface area (Å²) in [5.41, 5.74) is 2.55. The molecule has 4 rings (SSSR count). The number of carbonyl (C=O) groups is 1. The SMILES string of the molecule is COc1cc(-c2nc(C(=O)Nc3cc(C)ccc3F)cs2)ccc1OCc1cccc(F)c1. The van der Waals surface area contributed by atoms with Crippen molar-refractivity contribution in [2.75, 3.05) is 12.4 Å². The monoisotopic (exact) mass is 466 g/mol. The number of anilines is 1. The van der Waals surface area contributed by atoms with Crippen molar-refractivity contribution in [3.63, 3.8) is 0 Å². The van der Waals surface area contributed by atoms with Crippen LogP contribution in [0.5, 0.6) is 11.5 Å². The van der Waals surface area contributed by atoms with Gasteiger partial charge in [0.2, 0.25) is 0 Å². The quantitative estimate of drug-likeness (QED) is 0.350. The van der Waals surface area contributed by atoms with Gasteiger partial charge in [-0.3, -0.25) is 4.79 Å². The number of rotatable bonds is 7. The number of carbonyl (C=O) groups excluding carboxylic acids is 1. The Bertz CT molecular complexity index is 1310. The average Bonchev–Trinajstić information content (AvgIpc) is 3.30. The summed E-state index contributed by atoms with van der Waals surface area (Å²) in [7, 11) is 1.52. The van der Waals surface area contributed by atoms with E-state index < -0.39 is 11.7 Å². The van der Waals surface area contributed by atoms with Crippen molar-refractivity contribution in [3.05, 3.63) is 94.5 Å². The lowest BCUT2D eigenvalue weighted by Crippen LogP contribution is -2.13. The van der Waals surface area contributed by atoms with Crippen molar-refractivity contribution in [3.8, 4) is 22.1 Å². The fraction of sp³-hybridized carbons (Fsp3) is 0.120. The number of ether oxygens (including phenoxy) is 2. The van der Waals surface area contributed by atoms with Gasteiger partial charge in [-0.25, -0.2) is 13.8 Å². The van der Waals surface area contributed by atoms with Crippen LogP contribution in [0.2, 0.25) is 0 Å². The van der Waals surface area contributed by atoms with Gasteiger partial charge >= 0.3 is 0 Å². The first-order chi connectivity index (χ1) is 15.9. The van der Waals surface area contributed by atoms with Gasteiger partial charge in [-0.1, -0.05) is 18.2 Å². The zero-order valence-corrected chi connectivity index (χ0v) is 18.7. The van der Waals surface area contributed by atoms with Crippen molar-refractivity contribution >= 4 is 22.9 Å². The molecule has 168 valence electrons. The highest BCUT2D eigenvalue weighted by molar-refractivity contribution is 7.13. The molecule has 0 aliphatic heterocycles. The van der Waals surface area contributed by atoms with Gasteiger partial charge in [-0.05, 0) is 60.5 Å². The molecule has 33 heavy (non-hydrogen) atoms. The minimum Gasteiger partial charge on any atom is -0.493 e. The Labute approximate surface area is 193 Å². The van der Waals surface area contributed by atoms with Crippen LogP contribution >= 0.6 is 11.3 Å². The number of amides is 1. The Morgan fingerprint density at radius 3 is 2.70 bits per heavy atom. The van der Waals surface area contributed by atoms with Crippen molar-refractivity contribution < 1.29 is 23.0 Å². The Morgan fingerprint density at radius 2 is 1.91 bits per heavy atom. The van der Waals surface area contributed by atoms with Crippen LogP contribution in [0.3, 0.4) is 0 Å². The fourth-order valence-electron chi connectivity index (χ4n) is 3.14. The number of halogens is 2. The molecule has 0 spiro atoms. The summed E-state index contributed by atoms with van der Waals surface area (Å²) in [4.78, 5) is 16.9. The number of thiazole rings is 1. The standard InChI is InChI=1S/C25H20F2N2O3S/c1-15-6-8-19(27)20(10-15)28-24(30)21-14-33-25(29-21)17-7-9-22(23(12-17)31-2)32-13-16-4-3-5-18(26)11-16/h3-12,14H,13H2,1-2H3,(H,28,30). The second kappa shape index (κ2) is 9.79. The third-order valence-corrected chi connectivity index (χ3v) is 5.69. The predicted molar refractivity (Wildman–Crippen MR) is 124 cm³/mol. The molecule has 5 nitrogen and oxygen atoms in total. The molecule has 0 radical (unpaired) electrons. The number of methoxy groups -OCH3 is 1. The molecule has 0 unspecified atom stereocenters. The number of hydrogen-bond acceptors (Lipinski definition) is 5. The van der Waals surface area contributed by atoms with Gasteiger partial charge in [0.25, 0.3) is 5.91 Å². The van der Waals surface area contributed by atoms with Crippen LogP contribution < -0.4 is 14.8 Å². The molecular formula is C25H20F2N2O3S. The van der Waals surface area contributed by atoms with E-state index in [4.69, 9.17) is 9.47 Å². The Balaban J connectivity index is 1.49. The van der Waals surface area contributed by atoms with E-state index >= 15 is 0 Å². The van der Waals surface area contributed by atoms with Crippen LogP contribution in [0, 0.1) is 18.6 Å². The van der Waals surface area contributed by atoms with Gasteiger partial charge < -0.3 is 14.8 Å². The van der Waals surface area contributed by atoms with Crippen molar-refractivity contribution in [1.29, 1.82) is 0 Å². The average molecular weight is 467 g/mol. The lowest BCUT2D eigenvalue weighted by atomic mass is 10.2. The fourth-order valence-corrected chi connectivity index (χ4v) is 3.94. The summed E-state index contributed by atoms with van der Waals surface area (Å²) in [5.74, 6) is -0.360. The first-order valence-electron chi connectivity index (χ1n) is 10.0. The summed E-state index contributed by atoms with van der Waals surface area (Å²) in [6.45, 7) is 2.00. The van der Waals surface area contributed by atoms with Crippen LogP contribution in [-0.4, -0.2) is 18.0 Å². The topological polar surface area (TPSA) is 60.5 Å². The molecule has 0 fully saturated rings. The number of nitrogens with zero attached hydrogens (tertiary/aromatic N) is 1. The van der Waals surface area contributed by atoms with Crippen LogP contribution in [-0.2, 0) is 6.61 Å². The maximum atomic E-state index is 14.0. The molecule has 8 heteroatoms. The molecule has 3 aromatic carbocycles. The summed E-state index contributed by atoms with van der Waals surface area (Å²) in [6.07, 6.45) is 0. The van der Waals surface area contributed by atoms with Gasteiger partial charge in [0, 0.05) is 10.9 Å². The van der Waals surface area contributed by atoms with E-state index in [2.05, 4.69) is 10.3 Å². The summed E-state index contributed by atoms with van der Waals surface area (Å²) in [5, 5.41) is 4.77. The van der Waals surface area contributed by atoms with Gasteiger partial charge in [0.1, 0.15) is 28.9 Å². The number of hydrogen-bond donors (Lipinski definition) is 1. The molecule has 0 saturated heterocycles. The van der Waals surface area contributed by atoms with Gasteiger partial charge in [-0.2, -0.15) is 0 Å². The lowest BCUT2D eigenvalue weighted by molar-refractivity contribution is 0.102. The molecule has 1 aromatic heterocycles. The van der Waals surface area contributed by atoms with Crippen LogP contribution in [0.4, 0.5) is 14.5 Å². The van der Waals surface area contributed by atoms with E-state index in [-0.39, 0.29) is 23.8 Å². The van der Waals surface area contributed by atoms with Gasteiger partial charge in [0.05, 0.1) is 12.8 Å². The van der Waals surface area contributed by atoms with E-state index in [1.165, 1.54) is 36.6 Å². The number of benzene rings is 3. The van der Waals surface area contributed by atoms with Crippen LogP contribution in [0.25, 0.3) is 10.6 Å². The Morgan fingerprint density at radius 1 is 1.06 bits per heavy atom. The highest BCUT2D eigenvalue weighted by atomic mass is 32.1. The summed E-state index contributed by atoms with van der Waals surface area (Å²) < 4.78 is 38.5. The number of aromatic nitrogens is 1. The highest BCUT2D eigenvalue weighted by Gasteiger charge is 2.16. The number of nitrogens with one attached hydrogen (secondary N) is 1.